The van der Waals surface area contributed by atoms with Crippen LogP contribution in [0.25, 0.3) is 0 Å². The minimum absolute atomic E-state index is 0.102. The zero-order valence-corrected chi connectivity index (χ0v) is 16.5. The summed E-state index contributed by atoms with van der Waals surface area (Å²) < 4.78 is 41.5. The average Bonchev–Trinajstić information content (AvgIpc) is 2.81. The summed E-state index contributed by atoms with van der Waals surface area (Å²) in [5.74, 6) is 1.31. The van der Waals surface area contributed by atoms with E-state index in [1.807, 2.05) is 0 Å². The Hall–Kier alpha value is -1.80. The number of benzene rings is 1. The van der Waals surface area contributed by atoms with Crippen molar-refractivity contribution in [1.82, 2.24) is 0 Å². The van der Waals surface area contributed by atoms with E-state index in [9.17, 15) is 22.8 Å². The molecule has 1 aromatic rings. The van der Waals surface area contributed by atoms with Crippen LogP contribution in [0, 0.1) is 34.5 Å². The molecule has 0 amide bonds. The van der Waals surface area contributed by atoms with Gasteiger partial charge in [0.05, 0.1) is 5.41 Å². The van der Waals surface area contributed by atoms with Crippen molar-refractivity contribution in [3.05, 3.63) is 34.9 Å². The molecule has 0 aromatic heterocycles. The second-order valence-electron chi connectivity index (χ2n) is 7.97. The molecule has 1 aliphatic rings. The Bertz CT molecular complexity index is 783. The summed E-state index contributed by atoms with van der Waals surface area (Å²) in [4.78, 5) is 24.4. The van der Waals surface area contributed by atoms with Crippen molar-refractivity contribution in [2.24, 2.45) is 22.7 Å². The van der Waals surface area contributed by atoms with Crippen LogP contribution < -0.4 is 0 Å². The summed E-state index contributed by atoms with van der Waals surface area (Å²) >= 11 is 5.79. The van der Waals surface area contributed by atoms with Crippen LogP contribution in [0.4, 0.5) is 13.2 Å². The molecule has 0 N–H and O–H groups in total. The first-order chi connectivity index (χ1) is 12.3. The Morgan fingerprint density at radius 1 is 1.15 bits per heavy atom. The van der Waals surface area contributed by atoms with Crippen LogP contribution in [0.5, 0.6) is 0 Å². The molecular formula is C21H22ClF3O2. The molecule has 2 rings (SSSR count). The van der Waals surface area contributed by atoms with E-state index < -0.39 is 28.8 Å². The van der Waals surface area contributed by atoms with Gasteiger partial charge in [-0.2, -0.15) is 13.2 Å². The third-order valence-corrected chi connectivity index (χ3v) is 5.90. The molecule has 2 nitrogen and oxygen atoms in total. The molecule has 1 aromatic carbocycles. The first kappa shape index (κ1) is 21.5. The van der Waals surface area contributed by atoms with E-state index in [1.165, 1.54) is 13.8 Å². The standard InChI is InChI=1S/C21H22ClF3O2/c1-13(26)20(14(2)27)11-18(19(3,4)12-20)17(21(23,24)25)10-7-15-5-8-16(22)9-6-15/h5-6,8-9,17-18H,11-12H2,1-4H3. The van der Waals surface area contributed by atoms with Gasteiger partial charge >= 0.3 is 6.18 Å². The molecule has 0 bridgehead atoms. The number of Topliss-reactive ketones (excluding diaryl/α,β-unsaturated/α-hetero) is 2. The van der Waals surface area contributed by atoms with E-state index in [2.05, 4.69) is 11.8 Å². The molecule has 27 heavy (non-hydrogen) atoms. The molecule has 1 fully saturated rings. The van der Waals surface area contributed by atoms with Gasteiger partial charge in [-0.3, -0.25) is 9.59 Å². The Morgan fingerprint density at radius 2 is 1.67 bits per heavy atom. The number of hydrogen-bond acceptors (Lipinski definition) is 2. The van der Waals surface area contributed by atoms with Crippen molar-refractivity contribution in [2.45, 2.75) is 46.7 Å². The van der Waals surface area contributed by atoms with Crippen molar-refractivity contribution < 1.29 is 22.8 Å². The van der Waals surface area contributed by atoms with Crippen LogP contribution >= 0.6 is 11.6 Å². The van der Waals surface area contributed by atoms with Gasteiger partial charge in [0.15, 0.2) is 0 Å². The van der Waals surface area contributed by atoms with Gasteiger partial charge in [-0.05, 0) is 62.3 Å². The van der Waals surface area contributed by atoms with Gasteiger partial charge in [0.2, 0.25) is 0 Å². The molecule has 0 saturated heterocycles. The first-order valence-corrected chi connectivity index (χ1v) is 9.03. The van der Waals surface area contributed by atoms with Gasteiger partial charge < -0.3 is 0 Å². The Morgan fingerprint density at radius 3 is 2.07 bits per heavy atom. The molecule has 6 heteroatoms. The third kappa shape index (κ3) is 4.38. The summed E-state index contributed by atoms with van der Waals surface area (Å²) in [6, 6.07) is 6.23. The highest BCUT2D eigenvalue weighted by Gasteiger charge is 2.60. The van der Waals surface area contributed by atoms with Crippen molar-refractivity contribution in [3.8, 4) is 11.8 Å². The van der Waals surface area contributed by atoms with Crippen LogP contribution in [0.3, 0.4) is 0 Å². The lowest BCUT2D eigenvalue weighted by atomic mass is 9.74. The molecular weight excluding hydrogens is 377 g/mol. The zero-order chi connectivity index (χ0) is 20.6. The number of rotatable bonds is 3. The maximum absolute atomic E-state index is 13.8. The highest BCUT2D eigenvalue weighted by Crippen LogP contribution is 2.58. The van der Waals surface area contributed by atoms with Gasteiger partial charge in [-0.25, -0.2) is 0 Å². The second kappa shape index (κ2) is 7.31. The number of carbonyl (C=O) groups excluding carboxylic acids is 2. The molecule has 0 aliphatic heterocycles. The number of alkyl halides is 3. The average molecular weight is 399 g/mol. The van der Waals surface area contributed by atoms with Crippen molar-refractivity contribution >= 4 is 23.2 Å². The lowest BCUT2D eigenvalue weighted by Gasteiger charge is -2.32. The molecule has 0 spiro atoms. The minimum Gasteiger partial charge on any atom is -0.299 e. The van der Waals surface area contributed by atoms with E-state index in [0.29, 0.717) is 10.6 Å². The molecule has 1 saturated carbocycles. The van der Waals surface area contributed by atoms with Crippen LogP contribution in [0.2, 0.25) is 5.02 Å². The highest BCUT2D eigenvalue weighted by molar-refractivity contribution is 6.30. The fourth-order valence-electron chi connectivity index (χ4n) is 4.09. The van der Waals surface area contributed by atoms with E-state index in [-0.39, 0.29) is 24.4 Å². The quantitative estimate of drug-likeness (QED) is 0.499. The minimum atomic E-state index is -4.56. The Kier molecular flexibility index (Phi) is 5.82. The SMILES string of the molecule is CC(=O)C1(C(C)=O)CC(C(C#Cc2ccc(Cl)cc2)C(F)(F)F)C(C)(C)C1. The summed E-state index contributed by atoms with van der Waals surface area (Å²) in [7, 11) is 0. The van der Waals surface area contributed by atoms with Crippen LogP contribution in [-0.2, 0) is 9.59 Å². The van der Waals surface area contributed by atoms with Crippen molar-refractivity contribution in [1.29, 1.82) is 0 Å². The van der Waals surface area contributed by atoms with Crippen LogP contribution in [0.15, 0.2) is 24.3 Å². The van der Waals surface area contributed by atoms with Crippen LogP contribution in [-0.4, -0.2) is 17.7 Å². The fraction of sp³-hybridized carbons (Fsp3) is 0.524. The second-order valence-corrected chi connectivity index (χ2v) is 8.40. The number of carbonyl (C=O) groups is 2. The Balaban J connectivity index is 2.47. The topological polar surface area (TPSA) is 34.1 Å². The molecule has 0 heterocycles. The van der Waals surface area contributed by atoms with Crippen molar-refractivity contribution in [2.75, 3.05) is 0 Å². The number of halogens is 4. The maximum Gasteiger partial charge on any atom is 0.402 e. The van der Waals surface area contributed by atoms with E-state index in [4.69, 9.17) is 11.6 Å². The molecule has 2 atom stereocenters. The highest BCUT2D eigenvalue weighted by atomic mass is 35.5. The lowest BCUT2D eigenvalue weighted by Crippen LogP contribution is -2.36. The van der Waals surface area contributed by atoms with Gasteiger partial charge in [0.1, 0.15) is 17.5 Å². The summed E-state index contributed by atoms with van der Waals surface area (Å²) in [6.07, 6.45) is -4.60. The molecule has 2 unspecified atom stereocenters. The van der Waals surface area contributed by atoms with E-state index in [0.717, 1.165) is 0 Å². The van der Waals surface area contributed by atoms with Gasteiger partial charge in [0.25, 0.3) is 0 Å². The zero-order valence-electron chi connectivity index (χ0n) is 15.7. The fourth-order valence-corrected chi connectivity index (χ4v) is 4.22. The molecule has 1 aliphatic carbocycles. The lowest BCUT2D eigenvalue weighted by molar-refractivity contribution is -0.179. The Labute approximate surface area is 162 Å². The van der Waals surface area contributed by atoms with Gasteiger partial charge in [0, 0.05) is 10.6 Å². The monoisotopic (exact) mass is 398 g/mol. The first-order valence-electron chi connectivity index (χ1n) is 8.65. The maximum atomic E-state index is 13.8. The normalized spacial score (nSPS) is 21.9. The summed E-state index contributed by atoms with van der Waals surface area (Å²) in [5, 5.41) is 0.470. The smallest absolute Gasteiger partial charge is 0.299 e. The van der Waals surface area contributed by atoms with Gasteiger partial charge in [-0.1, -0.05) is 37.3 Å². The molecule has 146 valence electrons. The van der Waals surface area contributed by atoms with Crippen LogP contribution in [0.1, 0.15) is 46.1 Å². The van der Waals surface area contributed by atoms with E-state index >= 15 is 0 Å². The largest absolute Gasteiger partial charge is 0.402 e. The number of hydrogen-bond donors (Lipinski definition) is 0. The number of ketones is 2. The molecule has 0 radical (unpaired) electrons. The van der Waals surface area contributed by atoms with Gasteiger partial charge in [-0.15, -0.1) is 0 Å². The predicted octanol–water partition coefficient (Wildman–Crippen LogP) is 5.47. The summed E-state index contributed by atoms with van der Waals surface area (Å²) in [5.41, 5.74) is -1.79. The summed E-state index contributed by atoms with van der Waals surface area (Å²) in [6.45, 7) is 5.91. The predicted molar refractivity (Wildman–Crippen MR) is 98.2 cm³/mol. The van der Waals surface area contributed by atoms with E-state index in [1.54, 1.807) is 38.1 Å². The third-order valence-electron chi connectivity index (χ3n) is 5.65. The van der Waals surface area contributed by atoms with Crippen molar-refractivity contribution in [3.63, 3.8) is 0 Å².